The summed E-state index contributed by atoms with van der Waals surface area (Å²) in [4.78, 5) is 30.1. The molecule has 0 radical (unpaired) electrons. The normalized spacial score (nSPS) is 14.0. The summed E-state index contributed by atoms with van der Waals surface area (Å²) in [6.07, 6.45) is 0.707. The van der Waals surface area contributed by atoms with Crippen molar-refractivity contribution in [1.29, 1.82) is 0 Å². The van der Waals surface area contributed by atoms with E-state index >= 15 is 0 Å². The maximum Gasteiger partial charge on any atom is 0.278 e. The van der Waals surface area contributed by atoms with Crippen molar-refractivity contribution in [3.05, 3.63) is 65.9 Å². The first-order chi connectivity index (χ1) is 15.0. The van der Waals surface area contributed by atoms with Gasteiger partial charge in [0.1, 0.15) is 11.4 Å². The number of hydrogen-bond acceptors (Lipinski definition) is 5. The minimum Gasteiger partial charge on any atom is -0.497 e. The lowest BCUT2D eigenvalue weighted by Crippen LogP contribution is -2.36. The number of rotatable bonds is 10. The molecule has 0 atom stereocenters. The Morgan fingerprint density at radius 3 is 2.23 bits per heavy atom. The first kappa shape index (κ1) is 22.6. The number of benzene rings is 2. The summed E-state index contributed by atoms with van der Waals surface area (Å²) in [7, 11) is 1.60. The van der Waals surface area contributed by atoms with Crippen molar-refractivity contribution in [2.45, 2.75) is 33.3 Å². The molecule has 6 nitrogen and oxygen atoms in total. The van der Waals surface area contributed by atoms with Gasteiger partial charge in [-0.15, -0.1) is 0 Å². The van der Waals surface area contributed by atoms with Crippen molar-refractivity contribution < 1.29 is 19.1 Å². The number of amides is 2. The van der Waals surface area contributed by atoms with E-state index in [0.29, 0.717) is 48.7 Å². The number of ether oxygens (including phenoxy) is 2. The van der Waals surface area contributed by atoms with Gasteiger partial charge in [-0.1, -0.05) is 30.3 Å². The molecule has 3 rings (SSSR count). The molecule has 0 spiro atoms. The van der Waals surface area contributed by atoms with Crippen LogP contribution in [0.2, 0.25) is 0 Å². The van der Waals surface area contributed by atoms with Gasteiger partial charge in [0.2, 0.25) is 0 Å². The van der Waals surface area contributed by atoms with Crippen LogP contribution in [-0.4, -0.2) is 49.6 Å². The van der Waals surface area contributed by atoms with Crippen molar-refractivity contribution in [3.63, 3.8) is 0 Å². The second-order valence-corrected chi connectivity index (χ2v) is 7.57. The zero-order valence-electron chi connectivity index (χ0n) is 18.6. The quantitative estimate of drug-likeness (QED) is 0.426. The minimum atomic E-state index is -0.274. The number of hydrogen-bond donors (Lipinski definition) is 0. The Labute approximate surface area is 184 Å². The summed E-state index contributed by atoms with van der Waals surface area (Å²) >= 11 is 0. The standard InChI is InChI=1S/C25H30N2O4/c1-5-26(20-10-7-6-8-11-20)23-22(19-12-14-21(30-4)15-13-19)24(28)27(25(23)29)16-9-17-31-18(2)3/h6-8,10-15,18H,5,9,16-17H2,1-4H3. The SMILES string of the molecule is CCN(C1=C(c2ccc(OC)cc2)C(=O)N(CCCOC(C)C)C1=O)c1ccccc1. The first-order valence-corrected chi connectivity index (χ1v) is 10.7. The number of methoxy groups -OCH3 is 1. The number of carbonyl (C=O) groups is 2. The molecule has 2 aromatic carbocycles. The molecular weight excluding hydrogens is 392 g/mol. The van der Waals surface area contributed by atoms with Gasteiger partial charge in [-0.05, 0) is 57.0 Å². The van der Waals surface area contributed by atoms with E-state index in [1.54, 1.807) is 19.2 Å². The number of anilines is 1. The van der Waals surface area contributed by atoms with Gasteiger partial charge in [0, 0.05) is 25.4 Å². The van der Waals surface area contributed by atoms with Gasteiger partial charge in [-0.25, -0.2) is 0 Å². The lowest BCUT2D eigenvalue weighted by atomic mass is 10.0. The van der Waals surface area contributed by atoms with E-state index in [1.807, 2.05) is 68.1 Å². The first-order valence-electron chi connectivity index (χ1n) is 10.7. The van der Waals surface area contributed by atoms with Crippen LogP contribution in [0, 0.1) is 0 Å². The van der Waals surface area contributed by atoms with Gasteiger partial charge in [-0.3, -0.25) is 14.5 Å². The Kier molecular flexibility index (Phi) is 7.47. The highest BCUT2D eigenvalue weighted by Gasteiger charge is 2.41. The van der Waals surface area contributed by atoms with Crippen LogP contribution < -0.4 is 9.64 Å². The molecule has 2 amide bonds. The molecule has 0 saturated carbocycles. The van der Waals surface area contributed by atoms with Crippen LogP contribution in [0.25, 0.3) is 5.57 Å². The molecule has 0 fully saturated rings. The molecule has 0 aliphatic carbocycles. The van der Waals surface area contributed by atoms with Crippen LogP contribution in [0.1, 0.15) is 32.8 Å². The van der Waals surface area contributed by atoms with Crippen LogP contribution >= 0.6 is 0 Å². The lowest BCUT2D eigenvalue weighted by Gasteiger charge is -2.25. The van der Waals surface area contributed by atoms with E-state index in [9.17, 15) is 9.59 Å². The average Bonchev–Trinajstić information content (AvgIpc) is 3.02. The fraction of sp³-hybridized carbons (Fsp3) is 0.360. The minimum absolute atomic E-state index is 0.113. The predicted molar refractivity (Wildman–Crippen MR) is 122 cm³/mol. The van der Waals surface area contributed by atoms with Gasteiger partial charge in [-0.2, -0.15) is 0 Å². The molecule has 1 aliphatic heterocycles. The van der Waals surface area contributed by atoms with Crippen molar-refractivity contribution in [2.75, 3.05) is 31.7 Å². The van der Waals surface area contributed by atoms with E-state index in [-0.39, 0.29) is 17.9 Å². The van der Waals surface area contributed by atoms with Gasteiger partial charge in [0.25, 0.3) is 11.8 Å². The third-order valence-electron chi connectivity index (χ3n) is 5.15. The number of nitrogens with zero attached hydrogens (tertiary/aromatic N) is 2. The third kappa shape index (κ3) is 4.97. The third-order valence-corrected chi connectivity index (χ3v) is 5.15. The van der Waals surface area contributed by atoms with E-state index in [2.05, 4.69) is 0 Å². The molecule has 6 heteroatoms. The lowest BCUT2D eigenvalue weighted by molar-refractivity contribution is -0.137. The molecule has 0 bridgehead atoms. The predicted octanol–water partition coefficient (Wildman–Crippen LogP) is 4.12. The maximum absolute atomic E-state index is 13.5. The fourth-order valence-electron chi connectivity index (χ4n) is 3.65. The van der Waals surface area contributed by atoms with Crippen LogP contribution in [0.4, 0.5) is 5.69 Å². The Balaban J connectivity index is 1.99. The van der Waals surface area contributed by atoms with Gasteiger partial charge in [0.15, 0.2) is 0 Å². The summed E-state index contributed by atoms with van der Waals surface area (Å²) < 4.78 is 10.8. The Morgan fingerprint density at radius 1 is 0.968 bits per heavy atom. The fourth-order valence-corrected chi connectivity index (χ4v) is 3.65. The number of para-hydroxylation sites is 1. The average molecular weight is 423 g/mol. The van der Waals surface area contributed by atoms with Crippen molar-refractivity contribution in [3.8, 4) is 5.75 Å². The second-order valence-electron chi connectivity index (χ2n) is 7.57. The van der Waals surface area contributed by atoms with Crippen molar-refractivity contribution in [1.82, 2.24) is 4.90 Å². The smallest absolute Gasteiger partial charge is 0.278 e. The summed E-state index contributed by atoms with van der Waals surface area (Å²) in [5.41, 5.74) is 2.40. The van der Waals surface area contributed by atoms with Crippen LogP contribution in [0.3, 0.4) is 0 Å². The number of carbonyl (C=O) groups excluding carboxylic acids is 2. The summed E-state index contributed by atoms with van der Waals surface area (Å²) in [6.45, 7) is 7.28. The zero-order chi connectivity index (χ0) is 22.4. The van der Waals surface area contributed by atoms with E-state index in [1.165, 1.54) is 4.90 Å². The van der Waals surface area contributed by atoms with Gasteiger partial charge in [0.05, 0.1) is 18.8 Å². The largest absolute Gasteiger partial charge is 0.497 e. The summed E-state index contributed by atoms with van der Waals surface area (Å²) in [5.74, 6) is 0.149. The van der Waals surface area contributed by atoms with E-state index in [4.69, 9.17) is 9.47 Å². The second kappa shape index (κ2) is 10.3. The van der Waals surface area contributed by atoms with E-state index < -0.39 is 0 Å². The van der Waals surface area contributed by atoms with Crippen molar-refractivity contribution in [2.24, 2.45) is 0 Å². The monoisotopic (exact) mass is 422 g/mol. The van der Waals surface area contributed by atoms with Gasteiger partial charge < -0.3 is 14.4 Å². The molecule has 0 N–H and O–H groups in total. The molecule has 31 heavy (non-hydrogen) atoms. The van der Waals surface area contributed by atoms with Crippen LogP contribution in [-0.2, 0) is 14.3 Å². The molecule has 0 unspecified atom stereocenters. The zero-order valence-corrected chi connectivity index (χ0v) is 18.6. The van der Waals surface area contributed by atoms with Crippen LogP contribution in [0.5, 0.6) is 5.75 Å². The molecular formula is C25H30N2O4. The highest BCUT2D eigenvalue weighted by atomic mass is 16.5. The number of imide groups is 1. The Hall–Kier alpha value is -3.12. The highest BCUT2D eigenvalue weighted by Crippen LogP contribution is 2.34. The van der Waals surface area contributed by atoms with Crippen LogP contribution in [0.15, 0.2) is 60.3 Å². The van der Waals surface area contributed by atoms with Crippen molar-refractivity contribution >= 4 is 23.1 Å². The Bertz CT molecular complexity index is 936. The number of likely N-dealkylation sites (N-methyl/N-ethyl adjacent to an activating group) is 1. The molecule has 0 saturated heterocycles. The molecule has 2 aromatic rings. The molecule has 1 aliphatic rings. The topological polar surface area (TPSA) is 59.1 Å². The molecule has 1 heterocycles. The summed E-state index contributed by atoms with van der Waals surface area (Å²) in [6, 6.07) is 16.9. The maximum atomic E-state index is 13.5. The van der Waals surface area contributed by atoms with Gasteiger partial charge >= 0.3 is 0 Å². The molecule has 0 aromatic heterocycles. The Morgan fingerprint density at radius 2 is 1.65 bits per heavy atom. The molecule has 164 valence electrons. The highest BCUT2D eigenvalue weighted by molar-refractivity contribution is 6.36. The summed E-state index contributed by atoms with van der Waals surface area (Å²) in [5, 5.41) is 0. The van der Waals surface area contributed by atoms with E-state index in [0.717, 1.165) is 5.69 Å².